The smallest absolute Gasteiger partial charge is 0.268 e. The van der Waals surface area contributed by atoms with Crippen LogP contribution in [0.2, 0.25) is 0 Å². The summed E-state index contributed by atoms with van der Waals surface area (Å²) in [5.41, 5.74) is 0.195. The first-order valence-corrected chi connectivity index (χ1v) is 4.60. The van der Waals surface area contributed by atoms with Gasteiger partial charge >= 0.3 is 0 Å². The Labute approximate surface area is 82.9 Å². The number of guanidine groups is 1. The number of hydrogen-bond acceptors (Lipinski definition) is 2. The van der Waals surface area contributed by atoms with Gasteiger partial charge in [0.1, 0.15) is 5.10 Å². The van der Waals surface area contributed by atoms with Crippen LogP contribution in [0, 0.1) is 21.4 Å². The highest BCUT2D eigenvalue weighted by atomic mass is 16.7. The zero-order chi connectivity index (χ0) is 10.8. The molecule has 0 aliphatic carbocycles. The van der Waals surface area contributed by atoms with Crippen LogP contribution in [-0.2, 0) is 0 Å². The van der Waals surface area contributed by atoms with E-state index in [0.717, 1.165) is 13.1 Å². The van der Waals surface area contributed by atoms with Gasteiger partial charge in [-0.15, -0.1) is 0 Å². The molecule has 1 heterocycles. The summed E-state index contributed by atoms with van der Waals surface area (Å²) in [5, 5.41) is 18.4. The summed E-state index contributed by atoms with van der Waals surface area (Å²) in [5.74, 6) is 0.712. The molecule has 0 unspecified atom stereocenters. The normalized spacial score (nSPS) is 22.2. The van der Waals surface area contributed by atoms with Crippen LogP contribution in [0.15, 0.2) is 5.10 Å². The van der Waals surface area contributed by atoms with Gasteiger partial charge in [-0.05, 0) is 11.3 Å². The molecular weight excluding hydrogens is 184 g/mol. The van der Waals surface area contributed by atoms with Crippen LogP contribution in [-0.4, -0.2) is 24.1 Å². The van der Waals surface area contributed by atoms with Gasteiger partial charge in [0.25, 0.3) is 5.96 Å². The first-order chi connectivity index (χ1) is 6.39. The molecule has 1 saturated heterocycles. The van der Waals surface area contributed by atoms with Gasteiger partial charge in [0.05, 0.1) is 0 Å². The van der Waals surface area contributed by atoms with E-state index in [1.54, 1.807) is 0 Å². The van der Waals surface area contributed by atoms with E-state index >= 15 is 0 Å². The number of hydrazone groups is 1. The SMILES string of the molecule is CC(C)(C)C1CNC(=N[N+](=O)[O-])NC1. The van der Waals surface area contributed by atoms with Crippen molar-refractivity contribution in [2.45, 2.75) is 20.8 Å². The van der Waals surface area contributed by atoms with Gasteiger partial charge in [-0.3, -0.25) is 0 Å². The van der Waals surface area contributed by atoms with Crippen molar-refractivity contribution in [1.29, 1.82) is 0 Å². The molecule has 0 amide bonds. The molecule has 1 rings (SSSR count). The fourth-order valence-electron chi connectivity index (χ4n) is 1.34. The van der Waals surface area contributed by atoms with Crippen molar-refractivity contribution in [3.05, 3.63) is 10.1 Å². The molecule has 0 radical (unpaired) electrons. The fraction of sp³-hybridized carbons (Fsp3) is 0.875. The zero-order valence-electron chi connectivity index (χ0n) is 8.70. The molecule has 0 spiro atoms. The van der Waals surface area contributed by atoms with Crippen molar-refractivity contribution in [2.75, 3.05) is 13.1 Å². The Bertz CT molecular complexity index is 247. The Balaban J connectivity index is 2.51. The Kier molecular flexibility index (Phi) is 2.93. The molecule has 2 N–H and O–H groups in total. The lowest BCUT2D eigenvalue weighted by molar-refractivity contribution is -0.485. The van der Waals surface area contributed by atoms with Gasteiger partial charge in [-0.1, -0.05) is 20.8 Å². The average Bonchev–Trinajstić information content (AvgIpc) is 2.02. The summed E-state index contributed by atoms with van der Waals surface area (Å²) in [6.45, 7) is 7.90. The second-order valence-corrected chi connectivity index (χ2v) is 4.51. The van der Waals surface area contributed by atoms with Gasteiger partial charge in [-0.2, -0.15) is 0 Å². The number of nitro groups is 1. The second kappa shape index (κ2) is 3.81. The van der Waals surface area contributed by atoms with Crippen LogP contribution in [0.3, 0.4) is 0 Å². The molecule has 6 heteroatoms. The predicted octanol–water partition coefficient (Wildman–Crippen LogP) is 0.389. The molecule has 0 bridgehead atoms. The lowest BCUT2D eigenvalue weighted by Crippen LogP contribution is -2.52. The lowest BCUT2D eigenvalue weighted by Gasteiger charge is -2.34. The maximum Gasteiger partial charge on any atom is 0.268 e. The van der Waals surface area contributed by atoms with E-state index in [4.69, 9.17) is 0 Å². The van der Waals surface area contributed by atoms with Gasteiger partial charge in [0, 0.05) is 13.1 Å². The molecule has 80 valence electrons. The minimum atomic E-state index is -0.702. The third-order valence-electron chi connectivity index (χ3n) is 2.44. The van der Waals surface area contributed by atoms with Gasteiger partial charge in [0.15, 0.2) is 5.03 Å². The van der Waals surface area contributed by atoms with Gasteiger partial charge in [-0.25, -0.2) is 10.1 Å². The Morgan fingerprint density at radius 2 is 1.93 bits per heavy atom. The van der Waals surface area contributed by atoms with Crippen LogP contribution >= 0.6 is 0 Å². The summed E-state index contributed by atoms with van der Waals surface area (Å²) in [6, 6.07) is 0. The van der Waals surface area contributed by atoms with E-state index in [9.17, 15) is 10.1 Å². The van der Waals surface area contributed by atoms with Crippen molar-refractivity contribution in [3.63, 3.8) is 0 Å². The minimum absolute atomic E-state index is 0.195. The van der Waals surface area contributed by atoms with Crippen LogP contribution < -0.4 is 10.6 Å². The zero-order valence-corrected chi connectivity index (χ0v) is 8.70. The van der Waals surface area contributed by atoms with Crippen molar-refractivity contribution < 1.29 is 5.03 Å². The summed E-state index contributed by atoms with van der Waals surface area (Å²) in [6.07, 6.45) is 0. The van der Waals surface area contributed by atoms with Crippen molar-refractivity contribution in [3.8, 4) is 0 Å². The third-order valence-corrected chi connectivity index (χ3v) is 2.44. The Hall–Kier alpha value is -1.33. The van der Waals surface area contributed by atoms with Crippen LogP contribution in [0.5, 0.6) is 0 Å². The molecule has 14 heavy (non-hydrogen) atoms. The van der Waals surface area contributed by atoms with E-state index in [0.29, 0.717) is 5.92 Å². The summed E-state index contributed by atoms with van der Waals surface area (Å²) < 4.78 is 0. The van der Waals surface area contributed by atoms with Gasteiger partial charge in [0.2, 0.25) is 0 Å². The quantitative estimate of drug-likeness (QED) is 0.474. The minimum Gasteiger partial charge on any atom is -0.351 e. The molecular formula is C8H16N4O2. The number of nitrogens with zero attached hydrogens (tertiary/aromatic N) is 2. The highest BCUT2D eigenvalue weighted by Gasteiger charge is 2.28. The van der Waals surface area contributed by atoms with Crippen LogP contribution in [0.1, 0.15) is 20.8 Å². The summed E-state index contributed by atoms with van der Waals surface area (Å²) >= 11 is 0. The van der Waals surface area contributed by atoms with E-state index < -0.39 is 5.03 Å². The Morgan fingerprint density at radius 1 is 1.43 bits per heavy atom. The van der Waals surface area contributed by atoms with Gasteiger partial charge < -0.3 is 10.6 Å². The van der Waals surface area contributed by atoms with Crippen molar-refractivity contribution in [2.24, 2.45) is 16.4 Å². The highest BCUT2D eigenvalue weighted by molar-refractivity contribution is 5.79. The molecule has 0 aromatic carbocycles. The van der Waals surface area contributed by atoms with E-state index in [1.807, 2.05) is 0 Å². The van der Waals surface area contributed by atoms with Crippen LogP contribution in [0.25, 0.3) is 0 Å². The largest absolute Gasteiger partial charge is 0.351 e. The maximum absolute atomic E-state index is 10.1. The first-order valence-electron chi connectivity index (χ1n) is 4.60. The lowest BCUT2D eigenvalue weighted by atomic mass is 9.80. The molecule has 0 aromatic rings. The third kappa shape index (κ3) is 2.86. The summed E-state index contributed by atoms with van der Waals surface area (Å²) in [4.78, 5) is 10.1. The van der Waals surface area contributed by atoms with Crippen LogP contribution in [0.4, 0.5) is 0 Å². The number of rotatable bonds is 1. The number of hydrogen-bond donors (Lipinski definition) is 2. The monoisotopic (exact) mass is 200 g/mol. The molecule has 0 saturated carbocycles. The molecule has 0 aromatic heterocycles. The molecule has 0 atom stereocenters. The Morgan fingerprint density at radius 3 is 2.29 bits per heavy atom. The molecule has 6 nitrogen and oxygen atoms in total. The second-order valence-electron chi connectivity index (χ2n) is 4.51. The number of nitrogens with one attached hydrogen (secondary N) is 2. The molecule has 1 aliphatic rings. The summed E-state index contributed by atoms with van der Waals surface area (Å²) in [7, 11) is 0. The molecule has 1 fully saturated rings. The standard InChI is InChI=1S/C8H16N4O2/c1-8(2,3)6-4-9-7(10-5-6)11-12(13)14/h6H,4-5H2,1-3H3,(H2,9,10,11). The van der Waals surface area contributed by atoms with E-state index in [2.05, 4.69) is 36.5 Å². The van der Waals surface area contributed by atoms with Crippen molar-refractivity contribution >= 4 is 5.96 Å². The van der Waals surface area contributed by atoms with E-state index in [1.165, 1.54) is 0 Å². The maximum atomic E-state index is 10.1. The molecule has 1 aliphatic heterocycles. The average molecular weight is 200 g/mol. The highest BCUT2D eigenvalue weighted by Crippen LogP contribution is 2.25. The van der Waals surface area contributed by atoms with Crippen molar-refractivity contribution in [1.82, 2.24) is 10.6 Å². The first kappa shape index (κ1) is 10.7. The fourth-order valence-corrected chi connectivity index (χ4v) is 1.34. The predicted molar refractivity (Wildman–Crippen MR) is 53.4 cm³/mol. The van der Waals surface area contributed by atoms with E-state index in [-0.39, 0.29) is 11.4 Å². The topological polar surface area (TPSA) is 79.6 Å².